The van der Waals surface area contributed by atoms with Gasteiger partial charge in [-0.3, -0.25) is 9.59 Å². The lowest BCUT2D eigenvalue weighted by Crippen LogP contribution is -2.32. The number of anilines is 1. The zero-order chi connectivity index (χ0) is 19.8. The van der Waals surface area contributed by atoms with Crippen molar-refractivity contribution in [1.29, 1.82) is 0 Å². The molecule has 0 radical (unpaired) electrons. The number of nitrogens with one attached hydrogen (secondary N) is 2. The van der Waals surface area contributed by atoms with Gasteiger partial charge >= 0.3 is 0 Å². The molecular formula is C22H24N2O3S. The molecule has 1 heterocycles. The first-order valence-corrected chi connectivity index (χ1v) is 10.4. The average molecular weight is 397 g/mol. The molecule has 2 N–H and O–H groups in total. The maximum absolute atomic E-state index is 12.4. The van der Waals surface area contributed by atoms with Crippen molar-refractivity contribution >= 4 is 29.3 Å². The molecule has 2 aromatic rings. The Hall–Kier alpha value is -2.73. The number of carbonyl (C=O) groups is 2. The van der Waals surface area contributed by atoms with Crippen LogP contribution in [0.1, 0.15) is 29.3 Å². The number of amides is 2. The third-order valence-corrected chi connectivity index (χ3v) is 5.15. The number of hydrogen-bond acceptors (Lipinski definition) is 4. The number of hydrogen-bond donors (Lipinski definition) is 2. The van der Waals surface area contributed by atoms with Crippen LogP contribution in [0.3, 0.4) is 0 Å². The summed E-state index contributed by atoms with van der Waals surface area (Å²) in [5.74, 6) is 0.780. The number of carbonyl (C=O) groups excluding carboxylic acids is 2. The molecule has 1 aliphatic heterocycles. The van der Waals surface area contributed by atoms with Crippen molar-refractivity contribution in [2.75, 3.05) is 17.7 Å². The molecule has 6 heteroatoms. The number of thioether (sulfide) groups is 1. The van der Waals surface area contributed by atoms with E-state index >= 15 is 0 Å². The molecule has 0 fully saturated rings. The first kappa shape index (κ1) is 20.0. The zero-order valence-electron chi connectivity index (χ0n) is 15.8. The van der Waals surface area contributed by atoms with Gasteiger partial charge in [0.15, 0.2) is 5.76 Å². The molecule has 0 unspecified atom stereocenters. The highest BCUT2D eigenvalue weighted by molar-refractivity contribution is 8.02. The molecule has 0 bridgehead atoms. The Morgan fingerprint density at radius 2 is 1.82 bits per heavy atom. The summed E-state index contributed by atoms with van der Waals surface area (Å²) >= 11 is 1.56. The Morgan fingerprint density at radius 1 is 1.07 bits per heavy atom. The Balaban J connectivity index is 1.49. The summed E-state index contributed by atoms with van der Waals surface area (Å²) in [4.78, 5) is 24.5. The van der Waals surface area contributed by atoms with E-state index in [0.29, 0.717) is 23.6 Å². The molecule has 0 saturated heterocycles. The van der Waals surface area contributed by atoms with E-state index in [4.69, 9.17) is 4.74 Å². The van der Waals surface area contributed by atoms with Crippen LogP contribution in [0.4, 0.5) is 5.69 Å². The van der Waals surface area contributed by atoms with Gasteiger partial charge in [0, 0.05) is 28.5 Å². The highest BCUT2D eigenvalue weighted by Crippen LogP contribution is 2.17. The van der Waals surface area contributed by atoms with E-state index in [1.54, 1.807) is 41.4 Å². The number of rotatable bonds is 7. The Bertz CT molecular complexity index is 835. The number of benzene rings is 2. The second-order valence-electron chi connectivity index (χ2n) is 6.63. The van der Waals surface area contributed by atoms with Crippen molar-refractivity contribution in [3.05, 3.63) is 76.9 Å². The van der Waals surface area contributed by atoms with Gasteiger partial charge in [-0.1, -0.05) is 30.3 Å². The van der Waals surface area contributed by atoms with Crippen molar-refractivity contribution in [3.8, 4) is 0 Å². The lowest BCUT2D eigenvalue weighted by Gasteiger charge is -2.15. The van der Waals surface area contributed by atoms with E-state index in [9.17, 15) is 9.59 Å². The maximum atomic E-state index is 12.4. The van der Waals surface area contributed by atoms with Gasteiger partial charge in [-0.2, -0.15) is 0 Å². The summed E-state index contributed by atoms with van der Waals surface area (Å²) in [6.45, 7) is 2.54. The van der Waals surface area contributed by atoms with Crippen LogP contribution in [0.15, 0.2) is 65.8 Å². The summed E-state index contributed by atoms with van der Waals surface area (Å²) in [6.07, 6.45) is 1.79. The average Bonchev–Trinajstić information content (AvgIpc) is 2.74. The van der Waals surface area contributed by atoms with Crippen molar-refractivity contribution in [1.82, 2.24) is 5.32 Å². The summed E-state index contributed by atoms with van der Waals surface area (Å²) < 4.78 is 5.34. The lowest BCUT2D eigenvalue weighted by atomic mass is 10.1. The normalized spacial score (nSPS) is 14.4. The topological polar surface area (TPSA) is 67.4 Å². The molecule has 2 amide bonds. The molecule has 0 saturated carbocycles. The molecule has 2 aromatic carbocycles. The third kappa shape index (κ3) is 5.89. The fourth-order valence-electron chi connectivity index (χ4n) is 2.79. The minimum absolute atomic E-state index is 0.0694. The zero-order valence-corrected chi connectivity index (χ0v) is 16.6. The van der Waals surface area contributed by atoms with Crippen molar-refractivity contribution in [2.45, 2.75) is 25.8 Å². The van der Waals surface area contributed by atoms with Crippen LogP contribution >= 0.6 is 11.8 Å². The van der Waals surface area contributed by atoms with Crippen LogP contribution < -0.4 is 10.6 Å². The van der Waals surface area contributed by atoms with E-state index in [1.165, 1.54) is 5.56 Å². The highest BCUT2D eigenvalue weighted by Gasteiger charge is 2.15. The van der Waals surface area contributed by atoms with Crippen LogP contribution in [-0.2, 0) is 16.0 Å². The van der Waals surface area contributed by atoms with Gasteiger partial charge < -0.3 is 15.4 Å². The summed E-state index contributed by atoms with van der Waals surface area (Å²) in [5, 5.41) is 7.52. The van der Waals surface area contributed by atoms with E-state index in [2.05, 4.69) is 22.8 Å². The highest BCUT2D eigenvalue weighted by atomic mass is 32.2. The summed E-state index contributed by atoms with van der Waals surface area (Å²) in [5.41, 5.74) is 2.45. The van der Waals surface area contributed by atoms with E-state index in [0.717, 1.165) is 18.6 Å². The van der Waals surface area contributed by atoms with Crippen molar-refractivity contribution in [3.63, 3.8) is 0 Å². The van der Waals surface area contributed by atoms with Crippen molar-refractivity contribution in [2.24, 2.45) is 0 Å². The first-order valence-electron chi connectivity index (χ1n) is 9.32. The first-order chi connectivity index (χ1) is 13.6. The maximum Gasteiger partial charge on any atom is 0.291 e. The molecule has 3 rings (SSSR count). The molecule has 0 spiro atoms. The predicted molar refractivity (Wildman–Crippen MR) is 113 cm³/mol. The fourth-order valence-corrected chi connectivity index (χ4v) is 3.42. The van der Waals surface area contributed by atoms with Gasteiger partial charge in [-0.25, -0.2) is 0 Å². The second kappa shape index (κ2) is 9.99. The van der Waals surface area contributed by atoms with Gasteiger partial charge in [0.1, 0.15) is 0 Å². The Labute approximate surface area is 169 Å². The summed E-state index contributed by atoms with van der Waals surface area (Å²) in [6, 6.07) is 17.2. The van der Waals surface area contributed by atoms with Crippen LogP contribution in [0, 0.1) is 0 Å². The Morgan fingerprint density at radius 3 is 2.50 bits per heavy atom. The molecule has 1 atom stereocenters. The predicted octanol–water partition coefficient (Wildman–Crippen LogP) is 3.98. The number of ether oxygens (including phenoxy) is 1. The Kier molecular flexibility index (Phi) is 7.14. The molecular weight excluding hydrogens is 372 g/mol. The van der Waals surface area contributed by atoms with Crippen LogP contribution in [-0.4, -0.2) is 30.2 Å². The van der Waals surface area contributed by atoms with Gasteiger partial charge in [-0.05, 0) is 49.6 Å². The molecule has 0 aliphatic carbocycles. The standard InChI is InChI=1S/C22H24N2O3S/c1-16(7-8-17-5-3-2-4-6-17)23-21(25)18-9-11-19(12-10-18)24-22(26)20-15-28-14-13-27-20/h2-6,9-12,15-16H,7-8,13-14H2,1H3,(H,23,25)(H,24,26)/t16-/m1/s1. The smallest absolute Gasteiger partial charge is 0.291 e. The third-order valence-electron chi connectivity index (χ3n) is 4.36. The van der Waals surface area contributed by atoms with Crippen LogP contribution in [0.25, 0.3) is 0 Å². The molecule has 5 nitrogen and oxygen atoms in total. The van der Waals surface area contributed by atoms with Gasteiger partial charge in [-0.15, -0.1) is 11.8 Å². The lowest BCUT2D eigenvalue weighted by molar-refractivity contribution is -0.116. The molecule has 1 aliphatic rings. The fraction of sp³-hybridized carbons (Fsp3) is 0.273. The largest absolute Gasteiger partial charge is 0.487 e. The van der Waals surface area contributed by atoms with E-state index in [-0.39, 0.29) is 17.9 Å². The minimum Gasteiger partial charge on any atom is -0.487 e. The van der Waals surface area contributed by atoms with Crippen LogP contribution in [0.5, 0.6) is 0 Å². The van der Waals surface area contributed by atoms with Gasteiger partial charge in [0.2, 0.25) is 0 Å². The van der Waals surface area contributed by atoms with Gasteiger partial charge in [0.25, 0.3) is 11.8 Å². The summed E-state index contributed by atoms with van der Waals surface area (Å²) in [7, 11) is 0. The van der Waals surface area contributed by atoms with E-state index < -0.39 is 0 Å². The van der Waals surface area contributed by atoms with E-state index in [1.807, 2.05) is 25.1 Å². The van der Waals surface area contributed by atoms with Gasteiger partial charge in [0.05, 0.1) is 6.61 Å². The number of aryl methyl sites for hydroxylation is 1. The molecule has 0 aromatic heterocycles. The van der Waals surface area contributed by atoms with Crippen LogP contribution in [0.2, 0.25) is 0 Å². The monoisotopic (exact) mass is 396 g/mol. The quantitative estimate of drug-likeness (QED) is 0.743. The SMILES string of the molecule is C[C@H](CCc1ccccc1)NC(=O)c1ccc(NC(=O)C2=CSCCO2)cc1. The minimum atomic E-state index is -0.279. The molecule has 28 heavy (non-hydrogen) atoms. The second-order valence-corrected chi connectivity index (χ2v) is 7.61. The van der Waals surface area contributed by atoms with Crippen molar-refractivity contribution < 1.29 is 14.3 Å². The molecule has 146 valence electrons.